The van der Waals surface area contributed by atoms with Crippen molar-refractivity contribution in [3.63, 3.8) is 0 Å². The first-order chi connectivity index (χ1) is 14.5. The van der Waals surface area contributed by atoms with Crippen LogP contribution in [0.25, 0.3) is 0 Å². The van der Waals surface area contributed by atoms with Gasteiger partial charge in [0.05, 0.1) is 26.9 Å². The monoisotopic (exact) mass is 429 g/mol. The summed E-state index contributed by atoms with van der Waals surface area (Å²) in [7, 11) is 1.78. The third-order valence-electron chi connectivity index (χ3n) is 4.52. The van der Waals surface area contributed by atoms with E-state index in [1.165, 1.54) is 0 Å². The van der Waals surface area contributed by atoms with Gasteiger partial charge in [0.2, 0.25) is 0 Å². The molecule has 1 aromatic heterocycles. The smallest absolute Gasteiger partial charge is 0.164 e. The predicted octanol–water partition coefficient (Wildman–Crippen LogP) is 3.01. The Bertz CT molecular complexity index is 906. The molecule has 0 aliphatic rings. The molecule has 0 saturated carbocycles. The fourth-order valence-corrected chi connectivity index (χ4v) is 4.13. The molecule has 30 heavy (non-hydrogen) atoms. The molecule has 2 unspecified atom stereocenters. The summed E-state index contributed by atoms with van der Waals surface area (Å²) in [5, 5.41) is 14.4. The Hall–Kier alpha value is -2.68. The predicted molar refractivity (Wildman–Crippen MR) is 116 cm³/mol. The van der Waals surface area contributed by atoms with Gasteiger partial charge in [-0.1, -0.05) is 24.3 Å². The largest absolute Gasteiger partial charge is 0.497 e. The molecule has 2 aromatic carbocycles. The van der Waals surface area contributed by atoms with Crippen LogP contribution in [0, 0.1) is 0 Å². The van der Waals surface area contributed by atoms with E-state index < -0.39 is 17.1 Å². The van der Waals surface area contributed by atoms with Crippen molar-refractivity contribution < 1.29 is 18.8 Å². The molecule has 0 amide bonds. The lowest BCUT2D eigenvalue weighted by molar-refractivity contribution is 0.168. The van der Waals surface area contributed by atoms with E-state index in [-0.39, 0.29) is 0 Å². The van der Waals surface area contributed by atoms with E-state index in [4.69, 9.17) is 9.47 Å². The van der Waals surface area contributed by atoms with Gasteiger partial charge in [0.25, 0.3) is 0 Å². The summed E-state index contributed by atoms with van der Waals surface area (Å²) >= 11 is 0. The molecule has 2 atom stereocenters. The van der Waals surface area contributed by atoms with Crippen molar-refractivity contribution in [3.8, 4) is 11.5 Å². The molecule has 0 radical (unpaired) electrons. The second-order valence-electron chi connectivity index (χ2n) is 6.97. The minimum Gasteiger partial charge on any atom is -0.497 e. The first-order valence-electron chi connectivity index (χ1n) is 9.62. The van der Waals surface area contributed by atoms with Crippen molar-refractivity contribution in [1.82, 2.24) is 14.1 Å². The Morgan fingerprint density at radius 2 is 1.47 bits per heavy atom. The number of ether oxygens (including phenoxy) is 2. The van der Waals surface area contributed by atoms with Crippen molar-refractivity contribution in [2.24, 2.45) is 0 Å². The third kappa shape index (κ3) is 5.91. The molecule has 3 aromatic rings. The van der Waals surface area contributed by atoms with E-state index in [1.54, 1.807) is 38.1 Å². The lowest BCUT2D eigenvalue weighted by atomic mass is 10.2. The summed E-state index contributed by atoms with van der Waals surface area (Å²) in [6.45, 7) is 3.00. The van der Waals surface area contributed by atoms with Gasteiger partial charge in [0.15, 0.2) is 5.03 Å². The number of aliphatic hydroxyl groups is 1. The van der Waals surface area contributed by atoms with Gasteiger partial charge in [-0.25, -0.2) is 8.51 Å². The van der Waals surface area contributed by atoms with Crippen LogP contribution in [0.4, 0.5) is 0 Å². The van der Waals surface area contributed by atoms with Crippen molar-refractivity contribution in [1.29, 1.82) is 0 Å². The average molecular weight is 430 g/mol. The minimum absolute atomic E-state index is 0.355. The van der Waals surface area contributed by atoms with Gasteiger partial charge in [-0.3, -0.25) is 4.68 Å². The summed E-state index contributed by atoms with van der Waals surface area (Å²) in [5.41, 5.74) is 2.03. The van der Waals surface area contributed by atoms with Crippen LogP contribution in [0.1, 0.15) is 18.1 Å². The second kappa shape index (κ2) is 10.4. The van der Waals surface area contributed by atoms with Crippen LogP contribution in [-0.2, 0) is 30.6 Å². The first kappa shape index (κ1) is 22.0. The summed E-state index contributed by atoms with van der Waals surface area (Å²) in [6, 6.07) is 17.1. The standard InChI is InChI=1S/C22H27N3O4S/c1-17(26)14-24-13-12-22(23-24)30(27)25(15-18-4-8-20(28-2)9-5-18)16-19-6-10-21(29-3)11-7-19/h4-13,17,26H,14-16H2,1-3H3. The van der Waals surface area contributed by atoms with E-state index in [2.05, 4.69) is 5.10 Å². The number of methoxy groups -OCH3 is 2. The molecule has 0 bridgehead atoms. The van der Waals surface area contributed by atoms with E-state index in [0.717, 1.165) is 22.6 Å². The molecule has 0 saturated heterocycles. The molecule has 0 fully saturated rings. The zero-order chi connectivity index (χ0) is 21.5. The van der Waals surface area contributed by atoms with Crippen molar-refractivity contribution in [3.05, 3.63) is 71.9 Å². The Kier molecular flexibility index (Phi) is 7.62. The average Bonchev–Trinajstić information content (AvgIpc) is 3.21. The van der Waals surface area contributed by atoms with Crippen LogP contribution in [0.3, 0.4) is 0 Å². The molecule has 0 spiro atoms. The van der Waals surface area contributed by atoms with Gasteiger partial charge in [0.1, 0.15) is 22.5 Å². The van der Waals surface area contributed by atoms with Crippen LogP contribution in [-0.4, -0.2) is 43.7 Å². The number of hydrogen-bond acceptors (Lipinski definition) is 5. The van der Waals surface area contributed by atoms with Gasteiger partial charge in [-0.15, -0.1) is 0 Å². The number of aliphatic hydroxyl groups excluding tert-OH is 1. The topological polar surface area (TPSA) is 76.8 Å². The quantitative estimate of drug-likeness (QED) is 0.536. The number of nitrogens with zero attached hydrogens (tertiary/aromatic N) is 3. The molecule has 0 aliphatic heterocycles. The minimum atomic E-state index is -1.47. The van der Waals surface area contributed by atoms with E-state index >= 15 is 0 Å². The summed E-state index contributed by atoms with van der Waals surface area (Å²) in [4.78, 5) is 0. The number of hydrogen-bond donors (Lipinski definition) is 1. The fourth-order valence-electron chi connectivity index (χ4n) is 2.98. The Balaban J connectivity index is 1.82. The van der Waals surface area contributed by atoms with Gasteiger partial charge < -0.3 is 14.6 Å². The van der Waals surface area contributed by atoms with Gasteiger partial charge in [0, 0.05) is 19.3 Å². The molecule has 0 aliphatic carbocycles. The highest BCUT2D eigenvalue weighted by Crippen LogP contribution is 2.20. The summed E-state index contributed by atoms with van der Waals surface area (Å²) in [6.07, 6.45) is 1.21. The van der Waals surface area contributed by atoms with Crippen LogP contribution in [0.5, 0.6) is 11.5 Å². The maximum Gasteiger partial charge on any atom is 0.164 e. The van der Waals surface area contributed by atoms with Crippen molar-refractivity contribution >= 4 is 11.0 Å². The zero-order valence-corrected chi connectivity index (χ0v) is 18.2. The number of aromatic nitrogens is 2. The van der Waals surface area contributed by atoms with Crippen LogP contribution in [0.15, 0.2) is 65.8 Å². The van der Waals surface area contributed by atoms with E-state index in [9.17, 15) is 9.32 Å². The highest BCUT2D eigenvalue weighted by molar-refractivity contribution is 7.82. The normalized spacial score (nSPS) is 13.2. The zero-order valence-electron chi connectivity index (χ0n) is 17.4. The third-order valence-corrected chi connectivity index (χ3v) is 5.82. The molecular formula is C22H27N3O4S. The molecule has 3 rings (SSSR count). The molecular weight excluding hydrogens is 402 g/mol. The maximum absolute atomic E-state index is 13.3. The van der Waals surface area contributed by atoms with Gasteiger partial charge in [-0.2, -0.15) is 5.10 Å². The molecule has 160 valence electrons. The van der Waals surface area contributed by atoms with Crippen molar-refractivity contribution in [2.75, 3.05) is 14.2 Å². The molecule has 1 N–H and O–H groups in total. The van der Waals surface area contributed by atoms with Crippen LogP contribution < -0.4 is 9.47 Å². The Labute approximate surface area is 179 Å². The maximum atomic E-state index is 13.3. The van der Waals surface area contributed by atoms with E-state index in [0.29, 0.717) is 24.7 Å². The lowest BCUT2D eigenvalue weighted by Gasteiger charge is -2.21. The van der Waals surface area contributed by atoms with Crippen LogP contribution in [0.2, 0.25) is 0 Å². The lowest BCUT2D eigenvalue weighted by Crippen LogP contribution is -2.26. The molecule has 1 heterocycles. The van der Waals surface area contributed by atoms with E-state index in [1.807, 2.05) is 52.8 Å². The Morgan fingerprint density at radius 3 is 1.90 bits per heavy atom. The number of rotatable bonds is 10. The van der Waals surface area contributed by atoms with Crippen LogP contribution >= 0.6 is 0 Å². The summed E-state index contributed by atoms with van der Waals surface area (Å²) < 4.78 is 27.3. The molecule has 8 heteroatoms. The highest BCUT2D eigenvalue weighted by atomic mass is 32.2. The first-order valence-corrected chi connectivity index (χ1v) is 10.7. The molecule has 7 nitrogen and oxygen atoms in total. The summed E-state index contributed by atoms with van der Waals surface area (Å²) in [5.74, 6) is 1.55. The van der Waals surface area contributed by atoms with Gasteiger partial charge in [-0.05, 0) is 48.4 Å². The fraction of sp³-hybridized carbons (Fsp3) is 0.318. The second-order valence-corrected chi connectivity index (χ2v) is 8.40. The van der Waals surface area contributed by atoms with Crippen molar-refractivity contribution in [2.45, 2.75) is 37.7 Å². The number of benzene rings is 2. The van der Waals surface area contributed by atoms with Gasteiger partial charge >= 0.3 is 0 Å². The highest BCUT2D eigenvalue weighted by Gasteiger charge is 2.19. The Morgan fingerprint density at radius 1 is 0.967 bits per heavy atom. The SMILES string of the molecule is COc1ccc(CN(Cc2ccc(OC)cc2)S(=O)c2ccn(CC(C)O)n2)cc1.